The number of amides is 1. The molecule has 1 heterocycles. The van der Waals surface area contributed by atoms with E-state index in [-0.39, 0.29) is 17.2 Å². The van der Waals surface area contributed by atoms with E-state index in [0.717, 1.165) is 24.6 Å². The maximum absolute atomic E-state index is 12.1. The van der Waals surface area contributed by atoms with Crippen LogP contribution in [0.25, 0.3) is 0 Å². The first kappa shape index (κ1) is 11.8. The van der Waals surface area contributed by atoms with Crippen molar-refractivity contribution in [1.29, 1.82) is 0 Å². The van der Waals surface area contributed by atoms with Crippen molar-refractivity contribution in [1.82, 2.24) is 4.90 Å². The fourth-order valence-electron chi connectivity index (χ4n) is 2.54. The van der Waals surface area contributed by atoms with Gasteiger partial charge in [0, 0.05) is 24.6 Å². The molecule has 2 fully saturated rings. The van der Waals surface area contributed by atoms with Crippen LogP contribution in [-0.4, -0.2) is 46.5 Å². The summed E-state index contributed by atoms with van der Waals surface area (Å²) in [5.74, 6) is 0.336. The number of nitrogens with zero attached hydrogens (tertiary/aromatic N) is 1. The minimum atomic E-state index is -0.838. The second kappa shape index (κ2) is 3.95. The summed E-state index contributed by atoms with van der Waals surface area (Å²) in [5.41, 5.74) is -0.368. The van der Waals surface area contributed by atoms with Crippen LogP contribution in [-0.2, 0) is 9.59 Å². The zero-order chi connectivity index (χ0) is 11.9. The monoisotopic (exact) mass is 243 g/mol. The number of carboxylic acids is 1. The average molecular weight is 243 g/mol. The highest BCUT2D eigenvalue weighted by atomic mass is 32.2. The number of hydrogen-bond acceptors (Lipinski definition) is 3. The molecule has 0 aromatic rings. The molecule has 1 aliphatic heterocycles. The van der Waals surface area contributed by atoms with Crippen molar-refractivity contribution in [3.05, 3.63) is 0 Å². The van der Waals surface area contributed by atoms with Crippen molar-refractivity contribution in [3.63, 3.8) is 0 Å². The molecule has 2 atom stereocenters. The molecule has 0 spiro atoms. The van der Waals surface area contributed by atoms with Crippen LogP contribution in [0, 0.1) is 17.3 Å². The Balaban J connectivity index is 2.03. The van der Waals surface area contributed by atoms with Crippen LogP contribution >= 0.6 is 11.8 Å². The highest BCUT2D eigenvalue weighted by molar-refractivity contribution is 7.99. The number of carbonyl (C=O) groups excluding carboxylic acids is 1. The van der Waals surface area contributed by atoms with E-state index in [1.54, 1.807) is 0 Å². The van der Waals surface area contributed by atoms with E-state index >= 15 is 0 Å². The van der Waals surface area contributed by atoms with E-state index in [1.165, 1.54) is 0 Å². The SMILES string of the molecule is CC1(C)[C@H](C(=O)O)[C@H]1C(=O)N1CCSCC1. The summed E-state index contributed by atoms with van der Waals surface area (Å²) in [4.78, 5) is 25.0. The Morgan fingerprint density at radius 3 is 2.25 bits per heavy atom. The molecular weight excluding hydrogens is 226 g/mol. The summed E-state index contributed by atoms with van der Waals surface area (Å²) < 4.78 is 0. The van der Waals surface area contributed by atoms with Crippen molar-refractivity contribution in [2.75, 3.05) is 24.6 Å². The summed E-state index contributed by atoms with van der Waals surface area (Å²) in [5, 5.41) is 9.03. The Kier molecular flexibility index (Phi) is 2.90. The van der Waals surface area contributed by atoms with Gasteiger partial charge in [-0.3, -0.25) is 9.59 Å². The van der Waals surface area contributed by atoms with Gasteiger partial charge < -0.3 is 10.0 Å². The zero-order valence-corrected chi connectivity index (χ0v) is 10.4. The lowest BCUT2D eigenvalue weighted by atomic mass is 10.1. The van der Waals surface area contributed by atoms with Crippen LogP contribution in [0.2, 0.25) is 0 Å². The van der Waals surface area contributed by atoms with Gasteiger partial charge in [-0.05, 0) is 5.41 Å². The quantitative estimate of drug-likeness (QED) is 0.783. The molecule has 2 rings (SSSR count). The number of thioether (sulfide) groups is 1. The molecule has 0 aromatic carbocycles. The third-order valence-electron chi connectivity index (χ3n) is 3.68. The minimum Gasteiger partial charge on any atom is -0.481 e. The van der Waals surface area contributed by atoms with Crippen LogP contribution in [0.3, 0.4) is 0 Å². The Labute approximate surface area is 99.4 Å². The highest BCUT2D eigenvalue weighted by Gasteiger charge is 2.66. The van der Waals surface area contributed by atoms with Gasteiger partial charge >= 0.3 is 5.97 Å². The van der Waals surface area contributed by atoms with Gasteiger partial charge in [-0.25, -0.2) is 0 Å². The Hall–Kier alpha value is -0.710. The van der Waals surface area contributed by atoms with E-state index in [2.05, 4.69) is 0 Å². The standard InChI is InChI=1S/C11H17NO3S/c1-11(2)7(8(11)10(14)15)9(13)12-3-5-16-6-4-12/h7-8H,3-6H2,1-2H3,(H,14,15)/t7-,8-/m0/s1. The minimum absolute atomic E-state index is 0.0395. The Morgan fingerprint density at radius 2 is 1.81 bits per heavy atom. The first-order chi connectivity index (χ1) is 7.46. The molecular formula is C11H17NO3S. The molecule has 0 aromatic heterocycles. The lowest BCUT2D eigenvalue weighted by Gasteiger charge is -2.27. The molecule has 1 amide bonds. The molecule has 1 saturated carbocycles. The summed E-state index contributed by atoms with van der Waals surface area (Å²) >= 11 is 1.84. The lowest BCUT2D eigenvalue weighted by molar-refractivity contribution is -0.142. The fourth-order valence-corrected chi connectivity index (χ4v) is 3.44. The van der Waals surface area contributed by atoms with Gasteiger partial charge in [-0.15, -0.1) is 0 Å². The third-order valence-corrected chi connectivity index (χ3v) is 4.62. The van der Waals surface area contributed by atoms with Crippen molar-refractivity contribution < 1.29 is 14.7 Å². The first-order valence-electron chi connectivity index (χ1n) is 5.55. The fraction of sp³-hybridized carbons (Fsp3) is 0.818. The van der Waals surface area contributed by atoms with Crippen molar-refractivity contribution in [2.24, 2.45) is 17.3 Å². The van der Waals surface area contributed by atoms with Crippen LogP contribution in [0.1, 0.15) is 13.8 Å². The molecule has 0 radical (unpaired) electrons. The molecule has 4 nitrogen and oxygen atoms in total. The first-order valence-corrected chi connectivity index (χ1v) is 6.71. The molecule has 1 saturated heterocycles. The van der Waals surface area contributed by atoms with Gasteiger partial charge in [0.15, 0.2) is 0 Å². The molecule has 1 aliphatic carbocycles. The van der Waals surface area contributed by atoms with Crippen LogP contribution < -0.4 is 0 Å². The lowest BCUT2D eigenvalue weighted by Crippen LogP contribution is -2.39. The van der Waals surface area contributed by atoms with Gasteiger partial charge in [-0.1, -0.05) is 13.8 Å². The van der Waals surface area contributed by atoms with Gasteiger partial charge in [0.25, 0.3) is 0 Å². The zero-order valence-electron chi connectivity index (χ0n) is 9.60. The predicted molar refractivity (Wildman–Crippen MR) is 62.3 cm³/mol. The number of rotatable bonds is 2. The number of aliphatic carboxylic acids is 1. The second-order valence-corrected chi connectivity index (χ2v) is 6.28. The van der Waals surface area contributed by atoms with E-state index in [1.807, 2.05) is 30.5 Å². The van der Waals surface area contributed by atoms with Gasteiger partial charge in [-0.2, -0.15) is 11.8 Å². The molecule has 1 N–H and O–H groups in total. The summed E-state index contributed by atoms with van der Waals surface area (Å²) in [7, 11) is 0. The van der Waals surface area contributed by atoms with Crippen molar-refractivity contribution in [2.45, 2.75) is 13.8 Å². The number of carboxylic acid groups (broad SMARTS) is 1. The van der Waals surface area contributed by atoms with Crippen LogP contribution in [0.5, 0.6) is 0 Å². The largest absolute Gasteiger partial charge is 0.481 e. The highest BCUT2D eigenvalue weighted by Crippen LogP contribution is 2.59. The molecule has 5 heteroatoms. The van der Waals surface area contributed by atoms with Gasteiger partial charge in [0.2, 0.25) is 5.91 Å². The summed E-state index contributed by atoms with van der Waals surface area (Å²) in [6.07, 6.45) is 0. The maximum atomic E-state index is 12.1. The van der Waals surface area contributed by atoms with Crippen LogP contribution in [0.15, 0.2) is 0 Å². The summed E-state index contributed by atoms with van der Waals surface area (Å²) in [6.45, 7) is 5.27. The molecule has 0 bridgehead atoms. The normalized spacial score (nSPS) is 32.2. The number of carbonyl (C=O) groups is 2. The van der Waals surface area contributed by atoms with Crippen LogP contribution in [0.4, 0.5) is 0 Å². The average Bonchev–Trinajstić information content (AvgIpc) is 2.82. The molecule has 16 heavy (non-hydrogen) atoms. The van der Waals surface area contributed by atoms with Crippen molar-refractivity contribution in [3.8, 4) is 0 Å². The topological polar surface area (TPSA) is 57.6 Å². The van der Waals surface area contributed by atoms with E-state index in [0.29, 0.717) is 0 Å². The number of hydrogen-bond donors (Lipinski definition) is 1. The van der Waals surface area contributed by atoms with Gasteiger partial charge in [0.05, 0.1) is 11.8 Å². The molecule has 0 unspecified atom stereocenters. The van der Waals surface area contributed by atoms with Gasteiger partial charge in [0.1, 0.15) is 0 Å². The molecule has 90 valence electrons. The van der Waals surface area contributed by atoms with Crippen molar-refractivity contribution >= 4 is 23.6 Å². The molecule has 2 aliphatic rings. The summed E-state index contributed by atoms with van der Waals surface area (Å²) in [6, 6.07) is 0. The smallest absolute Gasteiger partial charge is 0.307 e. The Morgan fingerprint density at radius 1 is 1.25 bits per heavy atom. The second-order valence-electron chi connectivity index (χ2n) is 5.05. The predicted octanol–water partition coefficient (Wildman–Crippen LogP) is 0.919. The third kappa shape index (κ3) is 1.81. The van der Waals surface area contributed by atoms with E-state index in [4.69, 9.17) is 5.11 Å². The Bertz CT molecular complexity index is 323. The maximum Gasteiger partial charge on any atom is 0.307 e. The van der Waals surface area contributed by atoms with E-state index in [9.17, 15) is 9.59 Å². The van der Waals surface area contributed by atoms with E-state index < -0.39 is 11.9 Å².